The molecule has 2 heterocycles. The number of ether oxygens (including phenoxy) is 2. The molecule has 3 aromatic carbocycles. The van der Waals surface area contributed by atoms with E-state index in [2.05, 4.69) is 10.6 Å². The van der Waals surface area contributed by atoms with Gasteiger partial charge in [0, 0.05) is 24.4 Å². The number of nitrogens with one attached hydrogen (secondary N) is 2. The highest BCUT2D eigenvalue weighted by atomic mass is 19.1. The van der Waals surface area contributed by atoms with E-state index in [4.69, 9.17) is 9.47 Å². The summed E-state index contributed by atoms with van der Waals surface area (Å²) < 4.78 is 24.5. The summed E-state index contributed by atoms with van der Waals surface area (Å²) in [6.45, 7) is 3.25. The van der Waals surface area contributed by atoms with E-state index in [0.29, 0.717) is 30.0 Å². The lowest BCUT2D eigenvalue weighted by Crippen LogP contribution is -2.47. The smallest absolute Gasteiger partial charge is 0.411 e. The van der Waals surface area contributed by atoms with Crippen LogP contribution in [0.5, 0.6) is 0 Å². The highest BCUT2D eigenvalue weighted by Crippen LogP contribution is 2.34. The Hall–Kier alpha value is -4.24. The lowest BCUT2D eigenvalue weighted by Gasteiger charge is -2.25. The van der Waals surface area contributed by atoms with Crippen molar-refractivity contribution < 1.29 is 28.2 Å². The third-order valence-corrected chi connectivity index (χ3v) is 6.96. The average molecular weight is 532 g/mol. The molecule has 3 atom stereocenters. The minimum absolute atomic E-state index is 0.0417. The summed E-state index contributed by atoms with van der Waals surface area (Å²) in [5.74, 6) is -1.12. The number of aryl methyl sites for hydroxylation is 1. The number of carbonyl (C=O) groups is 3. The van der Waals surface area contributed by atoms with Crippen LogP contribution in [0.2, 0.25) is 0 Å². The molecule has 202 valence electrons. The third-order valence-electron chi connectivity index (χ3n) is 6.96. The molecule has 3 unspecified atom stereocenters. The Kier molecular flexibility index (Phi) is 7.88. The number of hydrogen-bond donors (Lipinski definition) is 2. The Labute approximate surface area is 226 Å². The topological polar surface area (TPSA) is 97.0 Å². The number of rotatable bonds is 8. The number of halogens is 1. The summed E-state index contributed by atoms with van der Waals surface area (Å²) in [4.78, 5) is 40.4. The van der Waals surface area contributed by atoms with Gasteiger partial charge in [-0.05, 0) is 67.3 Å². The van der Waals surface area contributed by atoms with E-state index in [1.807, 2.05) is 31.2 Å². The zero-order valence-corrected chi connectivity index (χ0v) is 21.6. The second-order valence-electron chi connectivity index (χ2n) is 9.83. The maximum atomic E-state index is 13.5. The Morgan fingerprint density at radius 2 is 1.72 bits per heavy atom. The predicted molar refractivity (Wildman–Crippen MR) is 143 cm³/mol. The van der Waals surface area contributed by atoms with Gasteiger partial charge in [-0.3, -0.25) is 14.5 Å². The van der Waals surface area contributed by atoms with Crippen LogP contribution in [0, 0.1) is 12.7 Å². The van der Waals surface area contributed by atoms with E-state index in [1.54, 1.807) is 24.3 Å². The molecule has 0 spiro atoms. The standard InChI is InChI=1S/C30H30FN3O5/c1-19-4-6-20(7-5-19)18-34-26(29(36)32-17-25-3-2-16-38-25)27(39-30(34)37)21-10-14-24(15-11-21)33-28(35)22-8-12-23(31)13-9-22/h4-15,25-27H,2-3,16-18H2,1H3,(H,32,36)(H,33,35). The molecule has 0 aromatic heterocycles. The maximum Gasteiger partial charge on any atom is 0.411 e. The van der Waals surface area contributed by atoms with Gasteiger partial charge in [-0.2, -0.15) is 0 Å². The minimum atomic E-state index is -0.889. The molecule has 2 aliphatic rings. The molecule has 8 nitrogen and oxygen atoms in total. The van der Waals surface area contributed by atoms with Crippen molar-refractivity contribution in [3.8, 4) is 0 Å². The van der Waals surface area contributed by atoms with E-state index in [9.17, 15) is 18.8 Å². The lowest BCUT2D eigenvalue weighted by molar-refractivity contribution is -0.126. The van der Waals surface area contributed by atoms with Crippen LogP contribution in [0.1, 0.15) is 46.0 Å². The molecule has 0 aliphatic carbocycles. The molecule has 2 fully saturated rings. The van der Waals surface area contributed by atoms with Gasteiger partial charge in [-0.1, -0.05) is 42.0 Å². The van der Waals surface area contributed by atoms with E-state index < -0.39 is 24.1 Å². The van der Waals surface area contributed by atoms with Crippen molar-refractivity contribution in [1.82, 2.24) is 10.2 Å². The van der Waals surface area contributed by atoms with E-state index >= 15 is 0 Å². The van der Waals surface area contributed by atoms with Gasteiger partial charge < -0.3 is 20.1 Å². The fourth-order valence-electron chi connectivity index (χ4n) is 4.79. The first-order valence-electron chi connectivity index (χ1n) is 13.0. The third kappa shape index (κ3) is 6.26. The van der Waals surface area contributed by atoms with Crippen molar-refractivity contribution >= 4 is 23.6 Å². The summed E-state index contributed by atoms with van der Waals surface area (Å²) in [5, 5.41) is 5.71. The van der Waals surface area contributed by atoms with Gasteiger partial charge in [0.1, 0.15) is 5.82 Å². The Morgan fingerprint density at radius 3 is 2.38 bits per heavy atom. The van der Waals surface area contributed by atoms with Crippen LogP contribution in [0.15, 0.2) is 72.8 Å². The molecule has 0 bridgehead atoms. The molecule has 2 saturated heterocycles. The Bertz CT molecular complexity index is 1320. The van der Waals surface area contributed by atoms with Gasteiger partial charge in [0.15, 0.2) is 12.1 Å². The van der Waals surface area contributed by atoms with Crippen LogP contribution in [-0.4, -0.2) is 48.1 Å². The van der Waals surface area contributed by atoms with Crippen molar-refractivity contribution in [2.75, 3.05) is 18.5 Å². The van der Waals surface area contributed by atoms with Crippen LogP contribution in [0.3, 0.4) is 0 Å². The normalized spacial score (nSPS) is 20.5. The van der Waals surface area contributed by atoms with Gasteiger partial charge in [-0.25, -0.2) is 9.18 Å². The first-order chi connectivity index (χ1) is 18.9. The van der Waals surface area contributed by atoms with Gasteiger partial charge in [0.2, 0.25) is 5.91 Å². The maximum absolute atomic E-state index is 13.5. The Balaban J connectivity index is 1.34. The fourth-order valence-corrected chi connectivity index (χ4v) is 4.79. The van der Waals surface area contributed by atoms with Gasteiger partial charge in [0.05, 0.1) is 12.6 Å². The second-order valence-corrected chi connectivity index (χ2v) is 9.83. The molecule has 9 heteroatoms. The minimum Gasteiger partial charge on any atom is -0.438 e. The molecule has 3 amide bonds. The van der Waals surface area contributed by atoms with Crippen molar-refractivity contribution in [2.24, 2.45) is 0 Å². The molecule has 39 heavy (non-hydrogen) atoms. The lowest BCUT2D eigenvalue weighted by atomic mass is 10.00. The van der Waals surface area contributed by atoms with E-state index in [0.717, 1.165) is 24.0 Å². The highest BCUT2D eigenvalue weighted by molar-refractivity contribution is 6.04. The van der Waals surface area contributed by atoms with Crippen LogP contribution in [0.25, 0.3) is 0 Å². The molecular formula is C30H30FN3O5. The van der Waals surface area contributed by atoms with Gasteiger partial charge in [-0.15, -0.1) is 0 Å². The summed E-state index contributed by atoms with van der Waals surface area (Å²) in [7, 11) is 0. The molecular weight excluding hydrogens is 501 g/mol. The summed E-state index contributed by atoms with van der Waals surface area (Å²) >= 11 is 0. The molecule has 5 rings (SSSR count). The van der Waals surface area contributed by atoms with Crippen LogP contribution in [0.4, 0.5) is 14.9 Å². The molecule has 0 saturated carbocycles. The molecule has 2 N–H and O–H groups in total. The average Bonchev–Trinajstić information content (AvgIpc) is 3.57. The number of anilines is 1. The SMILES string of the molecule is Cc1ccc(CN2C(=O)OC(c3ccc(NC(=O)c4ccc(F)cc4)cc3)C2C(=O)NCC2CCCO2)cc1. The number of carbonyl (C=O) groups excluding carboxylic acids is 3. The van der Waals surface area contributed by atoms with Crippen LogP contribution in [-0.2, 0) is 20.8 Å². The van der Waals surface area contributed by atoms with Gasteiger partial charge in [0.25, 0.3) is 5.91 Å². The Morgan fingerprint density at radius 1 is 1.00 bits per heavy atom. The largest absolute Gasteiger partial charge is 0.438 e. The van der Waals surface area contributed by atoms with Crippen LogP contribution >= 0.6 is 0 Å². The molecule has 3 aromatic rings. The van der Waals surface area contributed by atoms with Crippen molar-refractivity contribution in [1.29, 1.82) is 0 Å². The van der Waals surface area contributed by atoms with E-state index in [-0.39, 0.29) is 24.5 Å². The quantitative estimate of drug-likeness (QED) is 0.438. The van der Waals surface area contributed by atoms with E-state index in [1.165, 1.54) is 29.2 Å². The fraction of sp³-hybridized carbons (Fsp3) is 0.300. The van der Waals surface area contributed by atoms with Gasteiger partial charge >= 0.3 is 6.09 Å². The summed E-state index contributed by atoms with van der Waals surface area (Å²) in [6.07, 6.45) is 0.376. The molecule has 0 radical (unpaired) electrons. The first kappa shape index (κ1) is 26.4. The van der Waals surface area contributed by atoms with Crippen molar-refractivity contribution in [2.45, 2.75) is 44.6 Å². The molecule has 2 aliphatic heterocycles. The second kappa shape index (κ2) is 11.7. The summed E-state index contributed by atoms with van der Waals surface area (Å²) in [5.41, 5.74) is 3.42. The van der Waals surface area contributed by atoms with Crippen molar-refractivity contribution in [3.63, 3.8) is 0 Å². The predicted octanol–water partition coefficient (Wildman–Crippen LogP) is 4.74. The van der Waals surface area contributed by atoms with Crippen LogP contribution < -0.4 is 10.6 Å². The number of nitrogens with zero attached hydrogens (tertiary/aromatic N) is 1. The number of amides is 3. The zero-order chi connectivity index (χ0) is 27.4. The summed E-state index contributed by atoms with van der Waals surface area (Å²) in [6, 6.07) is 18.9. The number of benzene rings is 3. The number of cyclic esters (lactones) is 1. The monoisotopic (exact) mass is 531 g/mol. The zero-order valence-electron chi connectivity index (χ0n) is 21.6. The van der Waals surface area contributed by atoms with Crippen molar-refractivity contribution in [3.05, 3.63) is 101 Å². The number of hydrogen-bond acceptors (Lipinski definition) is 5. The highest BCUT2D eigenvalue weighted by Gasteiger charge is 2.47. The first-order valence-corrected chi connectivity index (χ1v) is 13.0.